The number of carbonyl (C=O) groups is 3. The van der Waals surface area contributed by atoms with Gasteiger partial charge in [0.1, 0.15) is 23.9 Å². The number of H-pyrrole nitrogens is 1. The first-order chi connectivity index (χ1) is 30.9. The third-order valence-electron chi connectivity index (χ3n) is 16.1. The number of carbonyl (C=O) groups excluding carboxylic acids is 3. The predicted molar refractivity (Wildman–Crippen MR) is 244 cm³/mol. The van der Waals surface area contributed by atoms with Gasteiger partial charge in [-0.05, 0) is 80.0 Å². The van der Waals surface area contributed by atoms with Crippen LogP contribution in [0.15, 0.2) is 90.5 Å². The number of nitrogens with zero attached hydrogens (tertiary/aromatic N) is 3. The van der Waals surface area contributed by atoms with Crippen LogP contribution in [0.5, 0.6) is 5.75 Å². The lowest BCUT2D eigenvalue weighted by atomic mass is 9.47. The predicted octanol–water partition coefficient (Wildman–Crippen LogP) is 6.48. The molecule has 64 heavy (non-hydrogen) atoms. The summed E-state index contributed by atoms with van der Waals surface area (Å²) in [7, 11) is 5.09. The average Bonchev–Trinajstić information content (AvgIpc) is 3.98. The Morgan fingerprint density at radius 2 is 1.75 bits per heavy atom. The quantitative estimate of drug-likeness (QED) is 0.109. The molecular weight excluding hydrogens is 809 g/mol. The maximum Gasteiger partial charge on any atom is 0.338 e. The number of aromatic nitrogens is 1. The van der Waals surface area contributed by atoms with Crippen molar-refractivity contribution in [3.63, 3.8) is 0 Å². The fourth-order valence-corrected chi connectivity index (χ4v) is 13.8. The van der Waals surface area contributed by atoms with Crippen molar-refractivity contribution < 1.29 is 38.4 Å². The average molecular weight is 869 g/mol. The van der Waals surface area contributed by atoms with Crippen molar-refractivity contribution in [2.24, 2.45) is 11.3 Å². The van der Waals surface area contributed by atoms with Gasteiger partial charge in [0.05, 0.1) is 25.8 Å². The van der Waals surface area contributed by atoms with E-state index >= 15 is 4.79 Å². The lowest BCUT2D eigenvalue weighted by Gasteiger charge is -2.64. The summed E-state index contributed by atoms with van der Waals surface area (Å²) in [5.41, 5.74) is 2.16. The molecule has 12 heteroatoms. The van der Waals surface area contributed by atoms with Crippen molar-refractivity contribution in [1.82, 2.24) is 14.8 Å². The zero-order chi connectivity index (χ0) is 44.8. The maximum atomic E-state index is 15.4. The number of nitrogens with one attached hydrogen (secondary N) is 1. The largest absolute Gasteiger partial charge is 0.496 e. The summed E-state index contributed by atoms with van der Waals surface area (Å²) >= 11 is 0. The number of para-hydroxylation sites is 1. The molecule has 5 aliphatic heterocycles. The van der Waals surface area contributed by atoms with Gasteiger partial charge in [0, 0.05) is 90.9 Å². The molecule has 6 heterocycles. The summed E-state index contributed by atoms with van der Waals surface area (Å²) in [6.07, 6.45) is 8.85. The molecule has 0 amide bonds. The summed E-state index contributed by atoms with van der Waals surface area (Å²) in [6, 6.07) is 20.3. The number of anilines is 1. The van der Waals surface area contributed by atoms with Gasteiger partial charge >= 0.3 is 17.9 Å². The third-order valence-corrected chi connectivity index (χ3v) is 16.1. The summed E-state index contributed by atoms with van der Waals surface area (Å²) in [5, 5.41) is 14.9. The standard InChI is InChI=1S/C52H60N4O8/c1-7-33-25-34-28-51(48(59)62-6,43-37(19-23-55(29-33)30-34)36-17-12-13-18-40(36)53-43)39-26-38-41(27-42(39)61-5)54(4)46-50(38)21-24-56-22-14-20-49(8-2,45(50)56)47(64-32(3)57)52(46,60)31-63-44(58)35-15-10-9-11-16-35/h9-18,20,25-27,34,45-47,53,60H,7-8,19,21-24,28-31H2,1-6H3/t34-,45-,46+,47+,49+,50+,51-,52?/m0/s1. The van der Waals surface area contributed by atoms with E-state index in [-0.39, 0.29) is 17.9 Å². The number of rotatable bonds is 9. The molecule has 6 aliphatic rings. The lowest BCUT2D eigenvalue weighted by molar-refractivity contribution is -0.228. The number of fused-ring (bicyclic) bond motifs is 6. The monoisotopic (exact) mass is 868 g/mol. The molecule has 1 saturated carbocycles. The van der Waals surface area contributed by atoms with Crippen molar-refractivity contribution in [3.8, 4) is 5.75 Å². The van der Waals surface area contributed by atoms with Crippen molar-refractivity contribution in [3.05, 3.63) is 118 Å². The van der Waals surface area contributed by atoms with Crippen LogP contribution >= 0.6 is 0 Å². The van der Waals surface area contributed by atoms with Crippen molar-refractivity contribution >= 4 is 34.5 Å². The Labute approximate surface area is 375 Å². The van der Waals surface area contributed by atoms with Gasteiger partial charge in [-0.2, -0.15) is 0 Å². The zero-order valence-electron chi connectivity index (χ0n) is 37.8. The number of hydrogen-bond acceptors (Lipinski definition) is 11. The van der Waals surface area contributed by atoms with Gasteiger partial charge in [-0.15, -0.1) is 0 Å². The van der Waals surface area contributed by atoms with Crippen molar-refractivity contribution in [1.29, 1.82) is 0 Å². The minimum atomic E-state index is -1.91. The summed E-state index contributed by atoms with van der Waals surface area (Å²) in [6.45, 7) is 9.18. The minimum absolute atomic E-state index is 0.0217. The minimum Gasteiger partial charge on any atom is -0.496 e. The number of aliphatic hydroxyl groups is 1. The van der Waals surface area contributed by atoms with Crippen LogP contribution in [0.25, 0.3) is 10.9 Å². The van der Waals surface area contributed by atoms with E-state index in [1.165, 1.54) is 19.6 Å². The van der Waals surface area contributed by atoms with E-state index < -0.39 is 52.5 Å². The number of hydrogen-bond donors (Lipinski definition) is 2. The first-order valence-electron chi connectivity index (χ1n) is 23.0. The first kappa shape index (κ1) is 42.5. The molecule has 1 saturated heterocycles. The second-order valence-electron chi connectivity index (χ2n) is 19.1. The molecule has 12 nitrogen and oxygen atoms in total. The number of ether oxygens (including phenoxy) is 4. The van der Waals surface area contributed by atoms with E-state index in [0.717, 1.165) is 65.9 Å². The second kappa shape index (κ2) is 15.6. The Kier molecular flexibility index (Phi) is 10.4. The van der Waals surface area contributed by atoms with Crippen LogP contribution in [0.2, 0.25) is 0 Å². The summed E-state index contributed by atoms with van der Waals surface area (Å²) in [5.74, 6) is -0.933. The molecule has 1 spiro atoms. The van der Waals surface area contributed by atoms with Gasteiger partial charge < -0.3 is 33.9 Å². The molecule has 10 rings (SSSR count). The van der Waals surface area contributed by atoms with Gasteiger partial charge in [-0.25, -0.2) is 4.79 Å². The molecular formula is C52H60N4O8. The molecule has 336 valence electrons. The van der Waals surface area contributed by atoms with Gasteiger partial charge in [0.25, 0.3) is 0 Å². The van der Waals surface area contributed by atoms with Crippen LogP contribution in [-0.4, -0.2) is 122 Å². The molecule has 3 aromatic carbocycles. The number of likely N-dealkylation sites (N-methyl/N-ethyl adjacent to an activating group) is 1. The molecule has 2 bridgehead atoms. The number of aromatic amines is 1. The fourth-order valence-electron chi connectivity index (χ4n) is 13.8. The smallest absolute Gasteiger partial charge is 0.338 e. The maximum absolute atomic E-state index is 15.4. The number of benzene rings is 3. The highest BCUT2D eigenvalue weighted by Crippen LogP contribution is 2.68. The Morgan fingerprint density at radius 1 is 0.969 bits per heavy atom. The highest BCUT2D eigenvalue weighted by molar-refractivity contribution is 5.94. The molecule has 9 atom stereocenters. The highest BCUT2D eigenvalue weighted by atomic mass is 16.6. The van der Waals surface area contributed by atoms with Gasteiger partial charge in [-0.3, -0.25) is 19.4 Å². The van der Waals surface area contributed by atoms with Crippen LogP contribution in [0, 0.1) is 11.3 Å². The number of esters is 3. The number of methoxy groups -OCH3 is 2. The van der Waals surface area contributed by atoms with Crippen molar-refractivity contribution in [2.45, 2.75) is 87.5 Å². The van der Waals surface area contributed by atoms with E-state index in [4.69, 9.17) is 18.9 Å². The Hall–Kier alpha value is -5.43. The Morgan fingerprint density at radius 3 is 2.48 bits per heavy atom. The van der Waals surface area contributed by atoms with Crippen LogP contribution in [-0.2, 0) is 41.1 Å². The van der Waals surface area contributed by atoms with E-state index in [1.54, 1.807) is 31.4 Å². The van der Waals surface area contributed by atoms with E-state index in [0.29, 0.717) is 49.2 Å². The van der Waals surface area contributed by atoms with Crippen molar-refractivity contribution in [2.75, 3.05) is 65.5 Å². The summed E-state index contributed by atoms with van der Waals surface area (Å²) in [4.78, 5) is 53.4. The Bertz CT molecular complexity index is 2590. The van der Waals surface area contributed by atoms with Crippen LogP contribution in [0.1, 0.15) is 79.2 Å². The van der Waals surface area contributed by atoms with Crippen LogP contribution in [0.3, 0.4) is 0 Å². The SMILES string of the molecule is CCC1=C[C@@H]2CN(CCc3c([nH]c4ccccc34)[C@@](C(=O)OC)(c3cc4c(cc3OC)N(C)[C@H]3C(O)(COC(=O)c5ccccc5)[C@H](OC(C)=O)[C@]5(CC)C=CCN6CC[C@]43[C@@H]65)C2)C1. The molecule has 1 aliphatic carbocycles. The molecule has 2 fully saturated rings. The Balaban J connectivity index is 1.24. The first-order valence-corrected chi connectivity index (χ1v) is 23.0. The highest BCUT2D eigenvalue weighted by Gasteiger charge is 2.78. The molecule has 2 unspecified atom stereocenters. The topological polar surface area (TPSA) is 134 Å². The lowest BCUT2D eigenvalue weighted by Crippen LogP contribution is -2.80. The van der Waals surface area contributed by atoms with E-state index in [2.05, 4.69) is 76.0 Å². The van der Waals surface area contributed by atoms with Crippen LogP contribution < -0.4 is 9.64 Å². The van der Waals surface area contributed by atoms with Gasteiger partial charge in [0.15, 0.2) is 5.60 Å². The molecule has 2 N–H and O–H groups in total. The van der Waals surface area contributed by atoms with E-state index in [1.807, 2.05) is 25.2 Å². The molecule has 1 aromatic heterocycles. The van der Waals surface area contributed by atoms with E-state index in [9.17, 15) is 14.7 Å². The van der Waals surface area contributed by atoms with Gasteiger partial charge in [-0.1, -0.05) is 74.0 Å². The van der Waals surface area contributed by atoms with Gasteiger partial charge in [0.2, 0.25) is 0 Å². The molecule has 0 radical (unpaired) electrons. The fraction of sp³-hybridized carbons (Fsp3) is 0.481. The third kappa shape index (κ3) is 5.93. The normalized spacial score (nSPS) is 32.5. The second-order valence-corrected chi connectivity index (χ2v) is 19.1. The summed E-state index contributed by atoms with van der Waals surface area (Å²) < 4.78 is 25.0. The van der Waals surface area contributed by atoms with Crippen LogP contribution in [0.4, 0.5) is 5.69 Å². The molecule has 4 aromatic rings. The zero-order valence-corrected chi connectivity index (χ0v) is 37.8.